The van der Waals surface area contributed by atoms with E-state index in [2.05, 4.69) is 27.2 Å². The predicted octanol–water partition coefficient (Wildman–Crippen LogP) is 8.99. The van der Waals surface area contributed by atoms with Crippen molar-refractivity contribution in [2.45, 2.75) is 35.0 Å². The molecule has 0 spiro atoms. The van der Waals surface area contributed by atoms with E-state index in [1.165, 1.54) is 23.8 Å². The summed E-state index contributed by atoms with van der Waals surface area (Å²) in [6, 6.07) is 35.0. The summed E-state index contributed by atoms with van der Waals surface area (Å²) in [5, 5.41) is 3.87. The molecule has 300 valence electrons. The third kappa shape index (κ3) is 11.5. The van der Waals surface area contributed by atoms with Gasteiger partial charge in [-0.1, -0.05) is 66.2 Å². The molecule has 6 rings (SSSR count). The molecule has 1 amide bonds. The largest absolute Gasteiger partial charge is 0.417 e. The van der Waals surface area contributed by atoms with Gasteiger partial charge in [-0.2, -0.15) is 13.2 Å². The lowest BCUT2D eigenvalue weighted by atomic mass is 9.99. The number of rotatable bonds is 15. The van der Waals surface area contributed by atoms with E-state index in [-0.39, 0.29) is 17.3 Å². The van der Waals surface area contributed by atoms with Gasteiger partial charge in [0.05, 0.1) is 10.5 Å². The maximum absolute atomic E-state index is 14.4. The number of sulfonamides is 1. The van der Waals surface area contributed by atoms with Gasteiger partial charge >= 0.3 is 6.18 Å². The Morgan fingerprint density at radius 2 is 1.53 bits per heavy atom. The summed E-state index contributed by atoms with van der Waals surface area (Å²) < 4.78 is 71.8. The lowest BCUT2D eigenvalue weighted by Gasteiger charge is -2.36. The lowest BCUT2D eigenvalue weighted by Crippen LogP contribution is -2.46. The predicted molar refractivity (Wildman–Crippen MR) is 225 cm³/mol. The van der Waals surface area contributed by atoms with Crippen molar-refractivity contribution in [3.63, 3.8) is 0 Å². The van der Waals surface area contributed by atoms with Gasteiger partial charge in [0, 0.05) is 71.4 Å². The number of anilines is 2. The smallest absolute Gasteiger partial charge is 0.381 e. The van der Waals surface area contributed by atoms with Crippen LogP contribution in [0.5, 0.6) is 0 Å². The first-order chi connectivity index (χ1) is 27.2. The fourth-order valence-electron chi connectivity index (χ4n) is 6.67. The summed E-state index contributed by atoms with van der Waals surface area (Å²) >= 11 is 7.68. The monoisotopic (exact) mass is 835 g/mol. The molecule has 0 aliphatic carbocycles. The number of amides is 1. The first-order valence-corrected chi connectivity index (χ1v) is 21.4. The molecule has 0 bridgehead atoms. The molecule has 0 aromatic heterocycles. The standard InChI is InChI=1S/C43H45ClF3N5O3S2/c1-50(2)23-22-36(30-56-38-9-4-3-5-10-38)48-35-18-21-41(40(28-35)43(45,46)47)57(54,55)49-42(53)32-14-19-37(20-15-32)52-26-24-51(25-27-52)29-33-8-6-7-11-39(33)31-12-16-34(44)17-13-31/h3-21,28,36,48H,22-27,29-30H2,1-2H3,(H,49,53)/t36-/m1/s1. The highest BCUT2D eigenvalue weighted by Crippen LogP contribution is 2.37. The van der Waals surface area contributed by atoms with Crippen molar-refractivity contribution in [1.29, 1.82) is 0 Å². The van der Waals surface area contributed by atoms with Gasteiger partial charge < -0.3 is 15.1 Å². The molecule has 1 aliphatic heterocycles. The van der Waals surface area contributed by atoms with Gasteiger partial charge in [-0.25, -0.2) is 13.1 Å². The van der Waals surface area contributed by atoms with Gasteiger partial charge in [0.2, 0.25) is 0 Å². The van der Waals surface area contributed by atoms with Crippen LogP contribution in [-0.4, -0.2) is 82.7 Å². The Bertz CT molecular complexity index is 2220. The number of carbonyl (C=O) groups is 1. The average molecular weight is 836 g/mol. The van der Waals surface area contributed by atoms with Crippen LogP contribution in [0.15, 0.2) is 131 Å². The van der Waals surface area contributed by atoms with E-state index in [4.69, 9.17) is 11.6 Å². The Morgan fingerprint density at radius 1 is 0.860 bits per heavy atom. The van der Waals surface area contributed by atoms with Crippen LogP contribution in [0.4, 0.5) is 24.5 Å². The molecule has 0 unspecified atom stereocenters. The van der Waals surface area contributed by atoms with E-state index in [0.29, 0.717) is 23.7 Å². The van der Waals surface area contributed by atoms with Crippen molar-refractivity contribution in [2.24, 2.45) is 0 Å². The van der Waals surface area contributed by atoms with Crippen molar-refractivity contribution in [1.82, 2.24) is 14.5 Å². The second-order valence-corrected chi connectivity index (χ2v) is 17.4. The molecule has 5 aromatic carbocycles. The maximum atomic E-state index is 14.4. The highest BCUT2D eigenvalue weighted by Gasteiger charge is 2.38. The number of carbonyl (C=O) groups excluding carboxylic acids is 1. The van der Waals surface area contributed by atoms with Crippen LogP contribution in [0.1, 0.15) is 27.9 Å². The molecule has 5 aromatic rings. The van der Waals surface area contributed by atoms with Crippen LogP contribution in [0.2, 0.25) is 5.02 Å². The summed E-state index contributed by atoms with van der Waals surface area (Å²) in [6.07, 6.45) is -4.37. The Morgan fingerprint density at radius 3 is 2.19 bits per heavy atom. The third-order valence-electron chi connectivity index (χ3n) is 9.72. The van der Waals surface area contributed by atoms with Gasteiger partial charge in [0.15, 0.2) is 0 Å². The van der Waals surface area contributed by atoms with Crippen molar-refractivity contribution in [2.75, 3.05) is 62.8 Å². The number of nitrogens with zero attached hydrogens (tertiary/aromatic N) is 3. The summed E-state index contributed by atoms with van der Waals surface area (Å²) in [5.74, 6) is -0.451. The van der Waals surface area contributed by atoms with E-state index in [9.17, 15) is 26.4 Å². The summed E-state index contributed by atoms with van der Waals surface area (Å²) in [5.41, 5.74) is 3.10. The Balaban J connectivity index is 1.08. The number of hydrogen-bond donors (Lipinski definition) is 2. The number of alkyl halides is 3. The topological polar surface area (TPSA) is 85.0 Å². The highest BCUT2D eigenvalue weighted by molar-refractivity contribution is 7.99. The van der Waals surface area contributed by atoms with E-state index in [0.717, 1.165) is 66.6 Å². The quantitative estimate of drug-likeness (QED) is 0.101. The number of piperazine rings is 1. The third-order valence-corrected chi connectivity index (χ3v) is 12.5. The zero-order valence-corrected chi connectivity index (χ0v) is 34.1. The van der Waals surface area contributed by atoms with Crippen molar-refractivity contribution >= 4 is 50.7 Å². The van der Waals surface area contributed by atoms with E-state index < -0.39 is 32.6 Å². The van der Waals surface area contributed by atoms with Gasteiger partial charge in [-0.3, -0.25) is 9.69 Å². The Hall–Kier alpha value is -4.53. The Labute approximate surface area is 342 Å². The van der Waals surface area contributed by atoms with Gasteiger partial charge in [0.1, 0.15) is 0 Å². The molecule has 8 nitrogen and oxygen atoms in total. The molecule has 14 heteroatoms. The average Bonchev–Trinajstić information content (AvgIpc) is 3.19. The summed E-state index contributed by atoms with van der Waals surface area (Å²) in [6.45, 7) is 4.54. The minimum atomic E-state index is -5.01. The molecule has 1 fully saturated rings. The van der Waals surface area contributed by atoms with E-state index in [1.807, 2.05) is 90.4 Å². The fourth-order valence-corrected chi connectivity index (χ4v) is 8.97. The molecule has 2 N–H and O–H groups in total. The zero-order chi connectivity index (χ0) is 40.6. The van der Waals surface area contributed by atoms with Crippen LogP contribution in [0.25, 0.3) is 11.1 Å². The van der Waals surface area contributed by atoms with Crippen LogP contribution in [0, 0.1) is 0 Å². The normalized spacial score (nSPS) is 14.4. The zero-order valence-electron chi connectivity index (χ0n) is 31.7. The van der Waals surface area contributed by atoms with E-state index >= 15 is 0 Å². The fraction of sp³-hybridized carbons (Fsp3) is 0.279. The molecular weight excluding hydrogens is 791 g/mol. The van der Waals surface area contributed by atoms with Gasteiger partial charge in [-0.15, -0.1) is 11.8 Å². The number of halogens is 4. The van der Waals surface area contributed by atoms with Crippen LogP contribution < -0.4 is 14.9 Å². The Kier molecular flexibility index (Phi) is 13.9. The molecule has 0 radical (unpaired) electrons. The first kappa shape index (κ1) is 42.1. The van der Waals surface area contributed by atoms with Gasteiger partial charge in [-0.05, 0) is 110 Å². The molecule has 1 saturated heterocycles. The number of benzene rings is 5. The van der Waals surface area contributed by atoms with Gasteiger partial charge in [0.25, 0.3) is 15.9 Å². The van der Waals surface area contributed by atoms with Crippen LogP contribution in [-0.2, 0) is 22.7 Å². The van der Waals surface area contributed by atoms with Crippen molar-refractivity contribution < 1.29 is 26.4 Å². The first-order valence-electron chi connectivity index (χ1n) is 18.5. The molecule has 1 aliphatic rings. The van der Waals surface area contributed by atoms with Crippen molar-refractivity contribution in [3.8, 4) is 11.1 Å². The second-order valence-electron chi connectivity index (χ2n) is 14.2. The molecular formula is C43H45ClF3N5O3S2. The molecule has 57 heavy (non-hydrogen) atoms. The van der Waals surface area contributed by atoms with Crippen LogP contribution >= 0.6 is 23.4 Å². The minimum Gasteiger partial charge on any atom is -0.381 e. The maximum Gasteiger partial charge on any atom is 0.417 e. The number of nitrogens with one attached hydrogen (secondary N) is 2. The summed E-state index contributed by atoms with van der Waals surface area (Å²) in [7, 11) is -1.07. The molecule has 1 atom stereocenters. The van der Waals surface area contributed by atoms with E-state index in [1.54, 1.807) is 23.9 Å². The molecule has 1 heterocycles. The minimum absolute atomic E-state index is 0.00580. The highest BCUT2D eigenvalue weighted by atomic mass is 35.5. The number of hydrogen-bond acceptors (Lipinski definition) is 8. The molecule has 0 saturated carbocycles. The summed E-state index contributed by atoms with van der Waals surface area (Å²) in [4.78, 5) is 19.7. The second kappa shape index (κ2) is 18.8. The lowest BCUT2D eigenvalue weighted by molar-refractivity contribution is -0.139. The van der Waals surface area contributed by atoms with Crippen LogP contribution in [0.3, 0.4) is 0 Å². The SMILES string of the molecule is CN(C)CC[C@H](CSc1ccccc1)Nc1ccc(S(=O)(=O)NC(=O)c2ccc(N3CCN(Cc4ccccc4-c4ccc(Cl)cc4)CC3)cc2)c(C(F)(F)F)c1. The number of thioether (sulfide) groups is 1. The van der Waals surface area contributed by atoms with Crippen molar-refractivity contribution in [3.05, 3.63) is 143 Å².